The first kappa shape index (κ1) is 24.6. The Morgan fingerprint density at radius 3 is 2.37 bits per heavy atom. The van der Waals surface area contributed by atoms with Crippen molar-refractivity contribution in [3.05, 3.63) is 107 Å². The maximum atomic E-state index is 12.3. The molecule has 1 atom stereocenters. The molecule has 38 heavy (non-hydrogen) atoms. The number of aliphatic hydroxyl groups is 1. The molecule has 1 unspecified atom stereocenters. The van der Waals surface area contributed by atoms with Crippen molar-refractivity contribution in [2.24, 2.45) is 13.0 Å². The van der Waals surface area contributed by atoms with Crippen molar-refractivity contribution in [2.75, 3.05) is 18.0 Å². The Morgan fingerprint density at radius 2 is 1.68 bits per heavy atom. The number of hydrogen-bond donors (Lipinski definition) is 1. The maximum Gasteiger partial charge on any atom is 0.173 e. The molecule has 0 saturated carbocycles. The largest absolute Gasteiger partial charge is 0.373 e. The van der Waals surface area contributed by atoms with Gasteiger partial charge in [0.1, 0.15) is 11.6 Å². The second-order valence-corrected chi connectivity index (χ2v) is 10.6. The van der Waals surface area contributed by atoms with Crippen molar-refractivity contribution < 1.29 is 5.11 Å². The summed E-state index contributed by atoms with van der Waals surface area (Å²) >= 11 is 7.27. The molecule has 1 saturated heterocycles. The van der Waals surface area contributed by atoms with E-state index in [2.05, 4.69) is 33.9 Å². The van der Waals surface area contributed by atoms with Gasteiger partial charge in [-0.05, 0) is 59.7 Å². The fraction of sp³-hybridized carbons (Fsp3) is 0.258. The monoisotopic (exact) mass is 523 g/mol. The summed E-state index contributed by atoms with van der Waals surface area (Å²) in [7, 11) is 1.88. The zero-order chi connectivity index (χ0) is 26.3. The third-order valence-electron chi connectivity index (χ3n) is 7.71. The summed E-state index contributed by atoms with van der Waals surface area (Å²) in [6, 6.07) is 19.7. The number of benzene rings is 2. The van der Waals surface area contributed by atoms with Crippen molar-refractivity contribution in [3.63, 3.8) is 0 Å². The van der Waals surface area contributed by atoms with Crippen LogP contribution in [0.4, 0.5) is 5.82 Å². The third kappa shape index (κ3) is 4.14. The molecule has 5 aromatic rings. The Labute approximate surface area is 227 Å². The van der Waals surface area contributed by atoms with Crippen LogP contribution in [0, 0.1) is 5.92 Å². The normalized spacial score (nSPS) is 16.1. The van der Waals surface area contributed by atoms with E-state index in [1.54, 1.807) is 18.6 Å². The lowest BCUT2D eigenvalue weighted by atomic mass is 9.85. The van der Waals surface area contributed by atoms with Crippen LogP contribution in [0.1, 0.15) is 36.7 Å². The van der Waals surface area contributed by atoms with E-state index in [4.69, 9.17) is 16.6 Å². The molecular weight excluding hydrogens is 494 g/mol. The number of pyridine rings is 2. The summed E-state index contributed by atoms with van der Waals surface area (Å²) in [5.74, 6) is 2.14. The van der Waals surface area contributed by atoms with E-state index in [1.165, 1.54) is 0 Å². The number of fused-ring (bicyclic) bond motifs is 1. The Morgan fingerprint density at radius 1 is 0.947 bits per heavy atom. The number of hydrogen-bond acceptors (Lipinski definition) is 5. The number of aromatic nitrogens is 4. The van der Waals surface area contributed by atoms with Crippen molar-refractivity contribution in [2.45, 2.75) is 25.4 Å². The van der Waals surface area contributed by atoms with Crippen molar-refractivity contribution >= 4 is 28.3 Å². The Bertz CT molecular complexity index is 1580. The van der Waals surface area contributed by atoms with E-state index in [0.717, 1.165) is 53.8 Å². The van der Waals surface area contributed by atoms with E-state index >= 15 is 0 Å². The van der Waals surface area contributed by atoms with E-state index < -0.39 is 5.60 Å². The molecule has 1 aliphatic rings. The van der Waals surface area contributed by atoms with Crippen LogP contribution in [0.3, 0.4) is 0 Å². The number of nitrogens with zero attached hydrogens (tertiary/aromatic N) is 5. The van der Waals surface area contributed by atoms with Gasteiger partial charge in [0.05, 0.1) is 10.5 Å². The highest BCUT2D eigenvalue weighted by atomic mass is 35.5. The van der Waals surface area contributed by atoms with Gasteiger partial charge in [0.2, 0.25) is 0 Å². The van der Waals surface area contributed by atoms with Crippen molar-refractivity contribution in [1.82, 2.24) is 19.5 Å². The second-order valence-electron chi connectivity index (χ2n) is 10.2. The van der Waals surface area contributed by atoms with Gasteiger partial charge in [-0.2, -0.15) is 0 Å². The van der Waals surface area contributed by atoms with E-state index in [-0.39, 0.29) is 0 Å². The van der Waals surface area contributed by atoms with Crippen LogP contribution < -0.4 is 4.90 Å². The minimum Gasteiger partial charge on any atom is -0.373 e. The summed E-state index contributed by atoms with van der Waals surface area (Å²) < 4.78 is 1.83. The predicted octanol–water partition coefficient (Wildman–Crippen LogP) is 6.20. The standard InChI is InChI=1S/C31H30ClN5O/c1-21-12-17-37(18-13-21)29-27(22-6-4-3-5-7-22)28(32)25-20-24(8-9-26(25)35-29)31(38,23-10-14-33-15-11-23)30-34-16-19-36(30)2/h3-11,14-16,19-21,38H,12-13,17-18H2,1-2H3. The molecule has 192 valence electrons. The molecule has 0 spiro atoms. The first-order valence-electron chi connectivity index (χ1n) is 13.0. The van der Waals surface area contributed by atoms with Gasteiger partial charge in [-0.3, -0.25) is 4.98 Å². The van der Waals surface area contributed by atoms with E-state index in [0.29, 0.717) is 27.9 Å². The summed E-state index contributed by atoms with van der Waals surface area (Å²) in [5, 5.41) is 13.8. The minimum atomic E-state index is -1.51. The molecule has 2 aromatic carbocycles. The number of aryl methyl sites for hydroxylation is 1. The summed E-state index contributed by atoms with van der Waals surface area (Å²) in [5.41, 5.74) is 2.58. The first-order valence-corrected chi connectivity index (χ1v) is 13.4. The lowest BCUT2D eigenvalue weighted by Gasteiger charge is -2.33. The number of anilines is 1. The van der Waals surface area contributed by atoms with Gasteiger partial charge < -0.3 is 14.6 Å². The smallest absolute Gasteiger partial charge is 0.173 e. The highest BCUT2D eigenvalue weighted by molar-refractivity contribution is 6.38. The SMILES string of the molecule is CC1CCN(c2nc3ccc(C(O)(c4ccncc4)c4nccn4C)cc3c(Cl)c2-c2ccccc2)CC1. The van der Waals surface area contributed by atoms with Gasteiger partial charge >= 0.3 is 0 Å². The molecule has 0 amide bonds. The van der Waals surface area contributed by atoms with Crippen LogP contribution in [-0.4, -0.2) is 37.7 Å². The summed E-state index contributed by atoms with van der Waals surface area (Å²) in [6.07, 6.45) is 9.14. The lowest BCUT2D eigenvalue weighted by Crippen LogP contribution is -2.34. The number of halogens is 1. The zero-order valence-electron chi connectivity index (χ0n) is 21.5. The fourth-order valence-corrected chi connectivity index (χ4v) is 5.82. The van der Waals surface area contributed by atoms with Crippen molar-refractivity contribution in [3.8, 4) is 11.1 Å². The molecule has 0 radical (unpaired) electrons. The average molecular weight is 524 g/mol. The Kier molecular flexibility index (Phi) is 6.38. The molecule has 6 rings (SSSR count). The van der Waals surface area contributed by atoms with Crippen LogP contribution in [0.25, 0.3) is 22.0 Å². The average Bonchev–Trinajstić information content (AvgIpc) is 3.40. The Balaban J connectivity index is 1.58. The van der Waals surface area contributed by atoms with Gasteiger partial charge in [-0.15, -0.1) is 0 Å². The molecule has 6 nitrogen and oxygen atoms in total. The highest BCUT2D eigenvalue weighted by Crippen LogP contribution is 2.43. The molecule has 0 bridgehead atoms. The fourth-order valence-electron chi connectivity index (χ4n) is 5.48. The van der Waals surface area contributed by atoms with E-state index in [1.807, 2.05) is 66.3 Å². The van der Waals surface area contributed by atoms with Gasteiger partial charge in [-0.25, -0.2) is 9.97 Å². The Hall–Kier alpha value is -3.74. The van der Waals surface area contributed by atoms with Gasteiger partial charge in [-0.1, -0.05) is 54.9 Å². The van der Waals surface area contributed by atoms with E-state index in [9.17, 15) is 5.11 Å². The van der Waals surface area contributed by atoms with Crippen LogP contribution in [0.2, 0.25) is 5.02 Å². The molecule has 3 aromatic heterocycles. The number of rotatable bonds is 5. The summed E-state index contributed by atoms with van der Waals surface area (Å²) in [4.78, 5) is 16.2. The molecule has 1 N–H and O–H groups in total. The molecule has 4 heterocycles. The molecule has 1 fully saturated rings. The van der Waals surface area contributed by atoms with Crippen LogP contribution in [0.5, 0.6) is 0 Å². The summed E-state index contributed by atoms with van der Waals surface area (Å²) in [6.45, 7) is 4.22. The van der Waals surface area contributed by atoms with Crippen LogP contribution >= 0.6 is 11.6 Å². The van der Waals surface area contributed by atoms with Crippen molar-refractivity contribution in [1.29, 1.82) is 0 Å². The zero-order valence-corrected chi connectivity index (χ0v) is 22.3. The molecule has 7 heteroatoms. The number of piperidine rings is 1. The van der Waals surface area contributed by atoms with Crippen LogP contribution in [-0.2, 0) is 12.6 Å². The van der Waals surface area contributed by atoms with Crippen LogP contribution in [0.15, 0.2) is 85.5 Å². The molecule has 0 aliphatic carbocycles. The third-order valence-corrected chi connectivity index (χ3v) is 8.10. The van der Waals surface area contributed by atoms with Gasteiger partial charge in [0, 0.05) is 55.9 Å². The quantitative estimate of drug-likeness (QED) is 0.297. The minimum absolute atomic E-state index is 0.509. The number of imidazole rings is 1. The second kappa shape index (κ2) is 9.86. The predicted molar refractivity (Wildman–Crippen MR) is 152 cm³/mol. The highest BCUT2D eigenvalue weighted by Gasteiger charge is 2.38. The molecular formula is C31H30ClN5O. The topological polar surface area (TPSA) is 67.1 Å². The van der Waals surface area contributed by atoms with Gasteiger partial charge in [0.25, 0.3) is 0 Å². The van der Waals surface area contributed by atoms with Gasteiger partial charge in [0.15, 0.2) is 5.60 Å². The maximum absolute atomic E-state index is 12.3. The first-order chi connectivity index (χ1) is 18.5. The molecule has 1 aliphatic heterocycles. The lowest BCUT2D eigenvalue weighted by molar-refractivity contribution is 0.112.